The first-order valence-electron chi connectivity index (χ1n) is 23.8. The first-order valence-corrected chi connectivity index (χ1v) is 23.8. The molecule has 10 N–H and O–H groups in total. The molecule has 0 spiro atoms. The van der Waals surface area contributed by atoms with Gasteiger partial charge >= 0.3 is 5.97 Å². The zero-order chi connectivity index (χ0) is 47.5. The average molecular weight is 876 g/mol. The van der Waals surface area contributed by atoms with Gasteiger partial charge in [0.1, 0.15) is 0 Å². The highest BCUT2D eigenvalue weighted by Gasteiger charge is 2.30. The summed E-state index contributed by atoms with van der Waals surface area (Å²) in [6, 6.07) is 4.80. The Morgan fingerprint density at radius 2 is 0.823 bits per heavy atom. The van der Waals surface area contributed by atoms with E-state index in [1.807, 2.05) is 41.5 Å². The molecule has 10 heteroatoms. The Balaban J connectivity index is 2.31. The largest absolute Gasteiger partial charge is 0.478 e. The summed E-state index contributed by atoms with van der Waals surface area (Å²) in [6.45, 7) is 18.8. The highest BCUT2D eigenvalue weighted by molar-refractivity contribution is 5.88. The molecule has 0 fully saturated rings. The summed E-state index contributed by atoms with van der Waals surface area (Å²) in [4.78, 5) is 11.3. The molecule has 1 rings (SSSR count). The molecule has 0 bridgehead atoms. The Hall–Kier alpha value is -2.31. The van der Waals surface area contributed by atoms with Crippen LogP contribution >= 0.6 is 0 Å². The van der Waals surface area contributed by atoms with Gasteiger partial charge in [0.05, 0.1) is 44.8 Å². The molecular weight excluding hydrogens is 783 g/mol. The number of benzene rings is 1. The van der Waals surface area contributed by atoms with Crippen LogP contribution in [-0.2, 0) is 6.42 Å². The van der Waals surface area contributed by atoms with E-state index in [0.29, 0.717) is 128 Å². The molecule has 0 aromatic heterocycles. The first-order chi connectivity index (χ1) is 28.3. The Morgan fingerprint density at radius 3 is 1.16 bits per heavy atom. The van der Waals surface area contributed by atoms with Crippen molar-refractivity contribution in [2.75, 3.05) is 5.73 Å². The summed E-state index contributed by atoms with van der Waals surface area (Å²) in [6.07, 6.45) is 20.4. The van der Waals surface area contributed by atoms with Gasteiger partial charge in [-0.2, -0.15) is 0 Å². The molecule has 0 aliphatic rings. The van der Waals surface area contributed by atoms with Crippen LogP contribution in [-0.4, -0.2) is 86.0 Å². The lowest BCUT2D eigenvalue weighted by atomic mass is 9.83. The fourth-order valence-electron chi connectivity index (χ4n) is 8.60. The van der Waals surface area contributed by atoms with Crippen molar-refractivity contribution in [2.24, 2.45) is 0 Å². The number of carbonyl (C=O) groups is 1. The summed E-state index contributed by atoms with van der Waals surface area (Å²) in [5.41, 5.74) is 4.30. The molecule has 0 saturated heterocycles. The van der Waals surface area contributed by atoms with Crippen molar-refractivity contribution in [1.82, 2.24) is 0 Å². The maximum absolute atomic E-state index is 11.3. The van der Waals surface area contributed by atoms with Crippen molar-refractivity contribution in [3.05, 3.63) is 52.6 Å². The topological polar surface area (TPSA) is 205 Å². The highest BCUT2D eigenvalue weighted by atomic mass is 16.4. The van der Waals surface area contributed by atoms with E-state index in [1.54, 1.807) is 26.0 Å². The number of anilines is 1. The highest BCUT2D eigenvalue weighted by Crippen LogP contribution is 2.32. The van der Waals surface area contributed by atoms with Gasteiger partial charge in [0.15, 0.2) is 0 Å². The maximum atomic E-state index is 11.3. The second-order valence-electron chi connectivity index (χ2n) is 21.8. The predicted octanol–water partition coefficient (Wildman–Crippen LogP) is 10.7. The minimum Gasteiger partial charge on any atom is -0.478 e. The van der Waals surface area contributed by atoms with Gasteiger partial charge in [-0.1, -0.05) is 23.3 Å². The third-order valence-electron chi connectivity index (χ3n) is 13.0. The molecule has 0 aliphatic carbocycles. The van der Waals surface area contributed by atoms with Gasteiger partial charge in [-0.3, -0.25) is 0 Å². The standard InChI is InChI=1S/C52H93NO9/c1-40(19-11-20-41(2)22-23-42-39-43(45(54)55)24-25-44(42)53)21-12-27-47(5,57)29-14-31-49(7,59)33-16-35-51(9,61)37-18-38-52(10,62)36-17-34-50(8,60)32-15-30-48(6,58)28-13-26-46(3,4)56/h19,22,24-25,39,56-62H,11-18,20-21,23,26-38,53H2,1-10H3,(H,54,55). The number of hydrogen-bond donors (Lipinski definition) is 9. The number of aliphatic hydroxyl groups is 7. The van der Waals surface area contributed by atoms with Gasteiger partial charge < -0.3 is 46.6 Å². The fraction of sp³-hybridized carbons (Fsp3) is 0.788. The number of rotatable bonds is 34. The van der Waals surface area contributed by atoms with E-state index >= 15 is 0 Å². The van der Waals surface area contributed by atoms with E-state index in [0.717, 1.165) is 37.7 Å². The molecule has 0 radical (unpaired) electrons. The zero-order valence-corrected chi connectivity index (χ0v) is 40.9. The van der Waals surface area contributed by atoms with Crippen LogP contribution in [0.15, 0.2) is 41.5 Å². The van der Waals surface area contributed by atoms with Crippen LogP contribution in [0.25, 0.3) is 0 Å². The van der Waals surface area contributed by atoms with Gasteiger partial charge in [0.25, 0.3) is 0 Å². The van der Waals surface area contributed by atoms with Crippen LogP contribution < -0.4 is 5.73 Å². The van der Waals surface area contributed by atoms with Crippen molar-refractivity contribution in [1.29, 1.82) is 0 Å². The molecule has 62 heavy (non-hydrogen) atoms. The number of carboxylic acid groups (broad SMARTS) is 1. The number of nitrogens with two attached hydrogens (primary N) is 1. The molecule has 0 heterocycles. The van der Waals surface area contributed by atoms with E-state index in [9.17, 15) is 45.6 Å². The second-order valence-corrected chi connectivity index (χ2v) is 21.8. The molecule has 0 amide bonds. The Morgan fingerprint density at radius 1 is 0.500 bits per heavy atom. The Bertz CT molecular complexity index is 1510. The second kappa shape index (κ2) is 26.0. The zero-order valence-electron chi connectivity index (χ0n) is 40.9. The molecule has 360 valence electrons. The molecule has 0 aliphatic heterocycles. The van der Waals surface area contributed by atoms with Crippen LogP contribution in [0.4, 0.5) is 5.69 Å². The van der Waals surface area contributed by atoms with Crippen LogP contribution in [0.5, 0.6) is 0 Å². The molecule has 6 unspecified atom stereocenters. The number of aromatic carboxylic acids is 1. The minimum absolute atomic E-state index is 0.239. The average Bonchev–Trinajstić information content (AvgIpc) is 3.09. The van der Waals surface area contributed by atoms with Crippen molar-refractivity contribution in [3.63, 3.8) is 0 Å². The minimum atomic E-state index is -0.960. The van der Waals surface area contributed by atoms with E-state index in [4.69, 9.17) is 5.73 Å². The molecule has 1 aromatic rings. The van der Waals surface area contributed by atoms with Gasteiger partial charge in [0, 0.05) is 5.69 Å². The maximum Gasteiger partial charge on any atom is 0.335 e. The Labute approximate surface area is 377 Å². The summed E-state index contributed by atoms with van der Waals surface area (Å²) >= 11 is 0. The van der Waals surface area contributed by atoms with E-state index in [2.05, 4.69) is 26.0 Å². The molecular formula is C52H93NO9. The lowest BCUT2D eigenvalue weighted by molar-refractivity contribution is -0.00779. The van der Waals surface area contributed by atoms with E-state index in [1.165, 1.54) is 17.2 Å². The molecule has 6 atom stereocenters. The molecule has 0 saturated carbocycles. The first kappa shape index (κ1) is 57.7. The SMILES string of the molecule is CC(=CCc1cc(C(=O)O)ccc1N)CCC=C(C)CCCC(C)(O)CCCC(C)(O)CCCC(C)(O)CCCC(C)(O)CCCC(C)(O)CCCC(C)(O)CCCC(C)(C)O. The van der Waals surface area contributed by atoms with Gasteiger partial charge in [-0.25, -0.2) is 4.79 Å². The predicted molar refractivity (Wildman–Crippen MR) is 255 cm³/mol. The lowest BCUT2D eigenvalue weighted by Crippen LogP contribution is -2.31. The summed E-state index contributed by atoms with van der Waals surface area (Å²) < 4.78 is 0. The third-order valence-corrected chi connectivity index (χ3v) is 13.0. The number of allylic oxidation sites excluding steroid dienone is 4. The normalized spacial score (nSPS) is 18.9. The van der Waals surface area contributed by atoms with Crippen LogP contribution in [0.1, 0.15) is 233 Å². The van der Waals surface area contributed by atoms with Crippen LogP contribution in [0, 0.1) is 0 Å². The van der Waals surface area contributed by atoms with Crippen molar-refractivity contribution in [3.8, 4) is 0 Å². The summed E-state index contributed by atoms with van der Waals surface area (Å²) in [5.74, 6) is -0.960. The van der Waals surface area contributed by atoms with Crippen LogP contribution in [0.3, 0.4) is 0 Å². The quantitative estimate of drug-likeness (QED) is 0.0237. The molecule has 10 nitrogen and oxygen atoms in total. The van der Waals surface area contributed by atoms with Crippen LogP contribution in [0.2, 0.25) is 0 Å². The van der Waals surface area contributed by atoms with Gasteiger partial charge in [-0.05, 0) is 247 Å². The summed E-state index contributed by atoms with van der Waals surface area (Å²) in [7, 11) is 0. The monoisotopic (exact) mass is 876 g/mol. The number of nitrogen functional groups attached to an aromatic ring is 1. The summed E-state index contributed by atoms with van der Waals surface area (Å²) in [5, 5.41) is 85.2. The molecule has 1 aromatic carbocycles. The van der Waals surface area contributed by atoms with Gasteiger partial charge in [-0.15, -0.1) is 0 Å². The van der Waals surface area contributed by atoms with Crippen molar-refractivity contribution < 1.29 is 45.6 Å². The number of carboxylic acids is 1. The fourth-order valence-corrected chi connectivity index (χ4v) is 8.60. The van der Waals surface area contributed by atoms with Crippen molar-refractivity contribution in [2.45, 2.75) is 263 Å². The van der Waals surface area contributed by atoms with Gasteiger partial charge in [0.2, 0.25) is 0 Å². The van der Waals surface area contributed by atoms with Crippen molar-refractivity contribution >= 4 is 11.7 Å². The number of hydrogen-bond acceptors (Lipinski definition) is 9. The lowest BCUT2D eigenvalue weighted by Gasteiger charge is -2.31. The smallest absolute Gasteiger partial charge is 0.335 e. The third kappa shape index (κ3) is 28.5. The van der Waals surface area contributed by atoms with E-state index in [-0.39, 0.29) is 5.56 Å². The Kier molecular flexibility index (Phi) is 24.2. The van der Waals surface area contributed by atoms with E-state index < -0.39 is 45.2 Å².